The molecule has 0 N–H and O–H groups in total. The van der Waals surface area contributed by atoms with Crippen LogP contribution in [-0.2, 0) is 0 Å². The third kappa shape index (κ3) is 4.81. The Kier molecular flexibility index (Phi) is 6.53. The van der Waals surface area contributed by atoms with Crippen LogP contribution in [0.4, 0.5) is 0 Å². The highest BCUT2D eigenvalue weighted by Gasteiger charge is 2.13. The zero-order valence-corrected chi connectivity index (χ0v) is 27.2. The van der Waals surface area contributed by atoms with E-state index in [9.17, 15) is 0 Å². The Balaban J connectivity index is 1.07. The SMILES string of the molecule is c1cc(-c2ccc3ncccc3c2)cc(-c2ccc3c4ccc(-c5cccc(-c6ccc7ncccc7c6)c5)cc4c4ccccc4c3c2)c1. The number of rotatable bonds is 4. The summed E-state index contributed by atoms with van der Waals surface area (Å²) in [6, 6.07) is 61.7. The van der Waals surface area contributed by atoms with E-state index in [1.165, 1.54) is 76.8 Å². The van der Waals surface area contributed by atoms with Crippen LogP contribution in [0.3, 0.4) is 0 Å². The van der Waals surface area contributed by atoms with Crippen LogP contribution in [0.25, 0.3) is 98.6 Å². The maximum absolute atomic E-state index is 4.50. The lowest BCUT2D eigenvalue weighted by atomic mass is 9.89. The maximum atomic E-state index is 4.50. The van der Waals surface area contributed by atoms with Crippen LogP contribution >= 0.6 is 0 Å². The smallest absolute Gasteiger partial charge is 0.0702 e. The minimum atomic E-state index is 1.01. The molecule has 10 rings (SSSR count). The van der Waals surface area contributed by atoms with Gasteiger partial charge in [0.1, 0.15) is 0 Å². The first kappa shape index (κ1) is 28.4. The van der Waals surface area contributed by atoms with Crippen molar-refractivity contribution in [3.05, 3.63) is 182 Å². The standard InChI is InChI=1S/C48H30N2/c1-2-14-42-41(13-1)45-29-37(33-9-3-7-31(25-33)35-17-21-47-39(27-35)11-5-23-49-47)15-19-43(45)44-20-16-38(30-46(42)44)34-10-4-8-32(26-34)36-18-22-48-40(28-36)12-6-24-50-48/h1-30H. The Hall–Kier alpha value is -6.64. The molecule has 0 unspecified atom stereocenters. The molecular formula is C48H30N2. The van der Waals surface area contributed by atoms with Gasteiger partial charge in [0.15, 0.2) is 0 Å². The summed E-state index contributed by atoms with van der Waals surface area (Å²) in [6.45, 7) is 0. The first-order chi connectivity index (χ1) is 24.7. The molecule has 2 aromatic heterocycles. The van der Waals surface area contributed by atoms with Crippen LogP contribution in [0.2, 0.25) is 0 Å². The van der Waals surface area contributed by atoms with Crippen LogP contribution < -0.4 is 0 Å². The molecule has 0 bridgehead atoms. The first-order valence-corrected chi connectivity index (χ1v) is 17.0. The van der Waals surface area contributed by atoms with Gasteiger partial charge < -0.3 is 0 Å². The topological polar surface area (TPSA) is 25.8 Å². The number of hydrogen-bond acceptors (Lipinski definition) is 2. The van der Waals surface area contributed by atoms with E-state index in [2.05, 4.69) is 168 Å². The van der Waals surface area contributed by atoms with E-state index in [-0.39, 0.29) is 0 Å². The fourth-order valence-corrected chi connectivity index (χ4v) is 7.58. The summed E-state index contributed by atoms with van der Waals surface area (Å²) in [5.74, 6) is 0. The summed E-state index contributed by atoms with van der Waals surface area (Å²) in [5, 5.41) is 9.92. The monoisotopic (exact) mass is 634 g/mol. The lowest BCUT2D eigenvalue weighted by molar-refractivity contribution is 1.41. The summed E-state index contributed by atoms with van der Waals surface area (Å²) < 4.78 is 0. The average molecular weight is 635 g/mol. The summed E-state index contributed by atoms with van der Waals surface area (Å²) in [7, 11) is 0. The van der Waals surface area contributed by atoms with E-state index in [0.717, 1.165) is 21.8 Å². The van der Waals surface area contributed by atoms with Crippen molar-refractivity contribution in [1.82, 2.24) is 9.97 Å². The van der Waals surface area contributed by atoms with Gasteiger partial charge >= 0.3 is 0 Å². The number of pyridine rings is 2. The van der Waals surface area contributed by atoms with Crippen LogP contribution in [0.15, 0.2) is 182 Å². The number of nitrogens with zero attached hydrogens (tertiary/aromatic N) is 2. The van der Waals surface area contributed by atoms with Crippen molar-refractivity contribution in [2.45, 2.75) is 0 Å². The van der Waals surface area contributed by atoms with Crippen LogP contribution in [0.5, 0.6) is 0 Å². The predicted molar refractivity (Wildman–Crippen MR) is 211 cm³/mol. The Labute approximate surface area is 290 Å². The first-order valence-electron chi connectivity index (χ1n) is 17.0. The number of hydrogen-bond donors (Lipinski definition) is 0. The van der Waals surface area contributed by atoms with Crippen LogP contribution in [0, 0.1) is 0 Å². The quantitative estimate of drug-likeness (QED) is 0.180. The molecule has 10 aromatic rings. The molecule has 232 valence electrons. The second-order valence-electron chi connectivity index (χ2n) is 13.0. The van der Waals surface area contributed by atoms with Crippen molar-refractivity contribution in [3.8, 4) is 44.5 Å². The molecule has 0 fully saturated rings. The van der Waals surface area contributed by atoms with Gasteiger partial charge in [-0.1, -0.05) is 109 Å². The highest BCUT2D eigenvalue weighted by molar-refractivity contribution is 6.26. The summed E-state index contributed by atoms with van der Waals surface area (Å²) in [4.78, 5) is 9.00. The molecular weight excluding hydrogens is 605 g/mol. The molecule has 0 saturated carbocycles. The molecule has 2 nitrogen and oxygen atoms in total. The Morgan fingerprint density at radius 1 is 0.240 bits per heavy atom. The van der Waals surface area contributed by atoms with Gasteiger partial charge in [-0.05, 0) is 137 Å². The molecule has 0 aliphatic heterocycles. The van der Waals surface area contributed by atoms with Crippen molar-refractivity contribution in [1.29, 1.82) is 0 Å². The van der Waals surface area contributed by atoms with E-state index in [1.54, 1.807) is 0 Å². The number of aromatic nitrogens is 2. The van der Waals surface area contributed by atoms with E-state index in [0.29, 0.717) is 0 Å². The normalized spacial score (nSPS) is 11.6. The maximum Gasteiger partial charge on any atom is 0.0702 e. The minimum Gasteiger partial charge on any atom is -0.256 e. The van der Waals surface area contributed by atoms with Gasteiger partial charge in [0.05, 0.1) is 11.0 Å². The molecule has 0 aliphatic carbocycles. The Morgan fingerprint density at radius 3 is 1.08 bits per heavy atom. The molecule has 0 amide bonds. The third-order valence-corrected chi connectivity index (χ3v) is 10.1. The zero-order chi connectivity index (χ0) is 33.0. The van der Waals surface area contributed by atoms with Gasteiger partial charge in [-0.2, -0.15) is 0 Å². The molecule has 50 heavy (non-hydrogen) atoms. The van der Waals surface area contributed by atoms with Gasteiger partial charge in [0.25, 0.3) is 0 Å². The summed E-state index contributed by atoms with van der Waals surface area (Å²) >= 11 is 0. The van der Waals surface area contributed by atoms with E-state index in [4.69, 9.17) is 0 Å². The molecule has 0 spiro atoms. The molecule has 0 radical (unpaired) electrons. The summed E-state index contributed by atoms with van der Waals surface area (Å²) in [5.41, 5.74) is 11.7. The van der Waals surface area contributed by atoms with Crippen molar-refractivity contribution >= 4 is 54.1 Å². The molecule has 0 atom stereocenters. The minimum absolute atomic E-state index is 1.01. The van der Waals surface area contributed by atoms with Crippen molar-refractivity contribution in [2.24, 2.45) is 0 Å². The van der Waals surface area contributed by atoms with Gasteiger partial charge in [-0.15, -0.1) is 0 Å². The molecule has 0 saturated heterocycles. The van der Waals surface area contributed by atoms with Crippen LogP contribution in [-0.4, -0.2) is 9.97 Å². The second kappa shape index (κ2) is 11.5. The van der Waals surface area contributed by atoms with E-state index < -0.39 is 0 Å². The summed E-state index contributed by atoms with van der Waals surface area (Å²) in [6.07, 6.45) is 3.69. The van der Waals surface area contributed by atoms with E-state index in [1.807, 2.05) is 24.5 Å². The largest absolute Gasteiger partial charge is 0.256 e. The number of benzene rings is 8. The fourth-order valence-electron chi connectivity index (χ4n) is 7.58. The molecule has 0 aliphatic rings. The molecule has 8 aromatic carbocycles. The van der Waals surface area contributed by atoms with Gasteiger partial charge in [0, 0.05) is 23.2 Å². The highest BCUT2D eigenvalue weighted by atomic mass is 14.6. The second-order valence-corrected chi connectivity index (χ2v) is 13.0. The highest BCUT2D eigenvalue weighted by Crippen LogP contribution is 2.40. The van der Waals surface area contributed by atoms with Gasteiger partial charge in [-0.3, -0.25) is 9.97 Å². The van der Waals surface area contributed by atoms with Gasteiger partial charge in [0.2, 0.25) is 0 Å². The average Bonchev–Trinajstić information content (AvgIpc) is 3.20. The van der Waals surface area contributed by atoms with Crippen molar-refractivity contribution in [3.63, 3.8) is 0 Å². The predicted octanol–water partition coefficient (Wildman–Crippen LogP) is 12.9. The lowest BCUT2D eigenvalue weighted by Gasteiger charge is -2.14. The van der Waals surface area contributed by atoms with Crippen molar-refractivity contribution < 1.29 is 0 Å². The Morgan fingerprint density at radius 2 is 0.620 bits per heavy atom. The van der Waals surface area contributed by atoms with Crippen LogP contribution in [0.1, 0.15) is 0 Å². The third-order valence-electron chi connectivity index (χ3n) is 10.1. The van der Waals surface area contributed by atoms with E-state index >= 15 is 0 Å². The molecule has 2 heterocycles. The van der Waals surface area contributed by atoms with Crippen molar-refractivity contribution in [2.75, 3.05) is 0 Å². The lowest BCUT2D eigenvalue weighted by Crippen LogP contribution is -1.87. The number of fused-ring (bicyclic) bond motifs is 8. The zero-order valence-electron chi connectivity index (χ0n) is 27.2. The molecule has 2 heteroatoms. The fraction of sp³-hybridized carbons (Fsp3) is 0. The Bertz CT molecular complexity index is 2720. The van der Waals surface area contributed by atoms with Gasteiger partial charge in [-0.25, -0.2) is 0 Å².